The van der Waals surface area contributed by atoms with Crippen molar-refractivity contribution in [2.75, 3.05) is 26.7 Å². The molecule has 2 aromatic rings. The fourth-order valence-electron chi connectivity index (χ4n) is 2.62. The number of Topliss-reactive ketones (excluding diaryl/α,β-unsaturated/α-hetero) is 1. The summed E-state index contributed by atoms with van der Waals surface area (Å²) < 4.78 is 6.61. The molecule has 1 unspecified atom stereocenters. The normalized spacial score (nSPS) is 12.0. The Kier molecular flexibility index (Phi) is 9.46. The van der Waals surface area contributed by atoms with E-state index >= 15 is 0 Å². The van der Waals surface area contributed by atoms with Gasteiger partial charge in [0.2, 0.25) is 0 Å². The number of carbonyl (C=O) groups excluding carboxylic acids is 2. The summed E-state index contributed by atoms with van der Waals surface area (Å²) in [6.45, 7) is 3.35. The molecule has 0 aliphatic carbocycles. The minimum Gasteiger partial charge on any atom is -0.490 e. The lowest BCUT2D eigenvalue weighted by molar-refractivity contribution is -0.121. The predicted octanol–water partition coefficient (Wildman–Crippen LogP) is 4.67. The Balaban J connectivity index is 1.73. The summed E-state index contributed by atoms with van der Waals surface area (Å²) in [4.78, 5) is 26.1. The van der Waals surface area contributed by atoms with Crippen molar-refractivity contribution in [3.05, 3.63) is 76.3 Å². The maximum absolute atomic E-state index is 12.5. The van der Waals surface area contributed by atoms with Crippen molar-refractivity contribution in [1.29, 1.82) is 5.26 Å². The Morgan fingerprint density at radius 1 is 1.10 bits per heavy atom. The molecule has 0 saturated carbocycles. The van der Waals surface area contributed by atoms with Crippen LogP contribution in [0.1, 0.15) is 29.3 Å². The van der Waals surface area contributed by atoms with Gasteiger partial charge in [0.1, 0.15) is 18.3 Å². The van der Waals surface area contributed by atoms with Crippen molar-refractivity contribution in [3.63, 3.8) is 0 Å². The maximum atomic E-state index is 12.5. The molecular formula is C24H25BrN2O3. The Morgan fingerprint density at radius 3 is 2.30 bits per heavy atom. The molecule has 5 nitrogen and oxygen atoms in total. The topological polar surface area (TPSA) is 70.4 Å². The molecule has 0 saturated heterocycles. The molecule has 0 aliphatic rings. The van der Waals surface area contributed by atoms with Crippen molar-refractivity contribution in [1.82, 2.24) is 4.90 Å². The molecule has 0 heterocycles. The smallest absolute Gasteiger partial charge is 0.193 e. The summed E-state index contributed by atoms with van der Waals surface area (Å²) >= 11 is 3.36. The van der Waals surface area contributed by atoms with Crippen LogP contribution < -0.4 is 4.74 Å². The second-order valence-corrected chi connectivity index (χ2v) is 7.89. The van der Waals surface area contributed by atoms with E-state index in [0.29, 0.717) is 43.0 Å². The first-order valence-corrected chi connectivity index (χ1v) is 10.5. The second-order valence-electron chi connectivity index (χ2n) is 6.97. The first-order valence-electron chi connectivity index (χ1n) is 9.69. The quantitative estimate of drug-likeness (QED) is 0.354. The highest BCUT2D eigenvalue weighted by molar-refractivity contribution is 9.10. The molecule has 156 valence electrons. The third-order valence-electron chi connectivity index (χ3n) is 4.57. The number of hydrogen-bond acceptors (Lipinski definition) is 5. The van der Waals surface area contributed by atoms with Crippen LogP contribution in [0.4, 0.5) is 0 Å². The van der Waals surface area contributed by atoms with Gasteiger partial charge >= 0.3 is 0 Å². The summed E-state index contributed by atoms with van der Waals surface area (Å²) in [5.74, 6) is 0.0914. The number of benzene rings is 2. The van der Waals surface area contributed by atoms with Crippen molar-refractivity contribution in [3.8, 4) is 11.8 Å². The van der Waals surface area contributed by atoms with Crippen LogP contribution in [0.3, 0.4) is 0 Å². The summed E-state index contributed by atoms with van der Waals surface area (Å²) in [6.07, 6.45) is 4.27. The molecule has 1 atom stereocenters. The second kappa shape index (κ2) is 12.1. The third-order valence-corrected chi connectivity index (χ3v) is 5.10. The van der Waals surface area contributed by atoms with Crippen molar-refractivity contribution < 1.29 is 14.3 Å². The molecular weight excluding hydrogens is 444 g/mol. The molecule has 0 N–H and O–H groups in total. The minimum absolute atomic E-state index is 0.0281. The average molecular weight is 469 g/mol. The fraction of sp³-hybridized carbons (Fsp3) is 0.292. The van der Waals surface area contributed by atoms with Crippen LogP contribution in [0.15, 0.2) is 65.2 Å². The third kappa shape index (κ3) is 7.58. The van der Waals surface area contributed by atoms with Gasteiger partial charge in [0.15, 0.2) is 11.6 Å². The Labute approximate surface area is 186 Å². The monoisotopic (exact) mass is 468 g/mol. The van der Waals surface area contributed by atoms with Gasteiger partial charge in [-0.3, -0.25) is 9.59 Å². The van der Waals surface area contributed by atoms with Gasteiger partial charge in [0.25, 0.3) is 0 Å². The number of halogens is 1. The molecule has 0 aromatic heterocycles. The highest BCUT2D eigenvalue weighted by atomic mass is 79.9. The van der Waals surface area contributed by atoms with Crippen LogP contribution >= 0.6 is 15.9 Å². The predicted molar refractivity (Wildman–Crippen MR) is 121 cm³/mol. The van der Waals surface area contributed by atoms with Gasteiger partial charge in [0.05, 0.1) is 6.07 Å². The van der Waals surface area contributed by atoms with E-state index in [0.717, 1.165) is 4.47 Å². The van der Waals surface area contributed by atoms with Crippen molar-refractivity contribution in [2.45, 2.75) is 13.3 Å². The zero-order chi connectivity index (χ0) is 21.9. The lowest BCUT2D eigenvalue weighted by atomic mass is 10.0. The molecule has 2 aromatic carbocycles. The van der Waals surface area contributed by atoms with Gasteiger partial charge in [-0.2, -0.15) is 5.26 Å². The number of hydrogen-bond donors (Lipinski definition) is 0. The molecule has 0 amide bonds. The number of nitrogens with zero attached hydrogens (tertiary/aromatic N) is 2. The van der Waals surface area contributed by atoms with E-state index in [1.807, 2.05) is 42.3 Å². The first-order chi connectivity index (χ1) is 14.4. The van der Waals surface area contributed by atoms with Crippen LogP contribution in [0.25, 0.3) is 0 Å². The minimum atomic E-state index is -0.543. The molecule has 0 fully saturated rings. The highest BCUT2D eigenvalue weighted by Crippen LogP contribution is 2.17. The van der Waals surface area contributed by atoms with Crippen molar-refractivity contribution in [2.24, 2.45) is 5.92 Å². The Morgan fingerprint density at radius 2 is 1.70 bits per heavy atom. The standard InChI is InChI=1S/C24H25BrN2O3/c1-18(17-26)23(28)13-15-27(2)14-3-4-16-30-22-11-7-20(8-12-22)24(29)19-5-9-21(25)10-6-19/h3-12,18H,13-16H2,1-2H3/b4-3+. The largest absolute Gasteiger partial charge is 0.490 e. The van der Waals surface area contributed by atoms with Gasteiger partial charge in [0, 0.05) is 35.1 Å². The van der Waals surface area contributed by atoms with Crippen molar-refractivity contribution >= 4 is 27.5 Å². The molecule has 0 bridgehead atoms. The van der Waals surface area contributed by atoms with E-state index in [-0.39, 0.29) is 11.6 Å². The van der Waals surface area contributed by atoms with E-state index < -0.39 is 5.92 Å². The molecule has 0 radical (unpaired) electrons. The van der Waals surface area contributed by atoms with Crippen LogP contribution in [-0.2, 0) is 4.79 Å². The van der Waals surface area contributed by atoms with Gasteiger partial charge in [-0.15, -0.1) is 0 Å². The number of ether oxygens (including phenoxy) is 1. The van der Waals surface area contributed by atoms with Crippen LogP contribution in [0.5, 0.6) is 5.75 Å². The Bertz CT molecular complexity index is 915. The number of nitriles is 1. The SMILES string of the molecule is CC(C#N)C(=O)CCN(C)C/C=C/COc1ccc(C(=O)c2ccc(Br)cc2)cc1. The lowest BCUT2D eigenvalue weighted by Gasteiger charge is -2.13. The van der Waals surface area contributed by atoms with E-state index in [4.69, 9.17) is 10.00 Å². The summed E-state index contributed by atoms with van der Waals surface area (Å²) in [5, 5.41) is 8.74. The highest BCUT2D eigenvalue weighted by Gasteiger charge is 2.12. The van der Waals surface area contributed by atoms with Gasteiger partial charge in [-0.05, 0) is 62.5 Å². The van der Waals surface area contributed by atoms with Crippen LogP contribution in [-0.4, -0.2) is 43.2 Å². The summed E-state index contributed by atoms with van der Waals surface area (Å²) in [5.41, 5.74) is 1.25. The first kappa shape index (κ1) is 23.5. The van der Waals surface area contributed by atoms with Gasteiger partial charge in [-0.1, -0.05) is 28.1 Å². The van der Waals surface area contributed by atoms with Crippen LogP contribution in [0.2, 0.25) is 0 Å². The van der Waals surface area contributed by atoms with E-state index in [2.05, 4.69) is 15.9 Å². The lowest BCUT2D eigenvalue weighted by Crippen LogP contribution is -2.23. The summed E-state index contributed by atoms with van der Waals surface area (Å²) in [7, 11) is 1.93. The molecule has 6 heteroatoms. The number of rotatable bonds is 11. The number of ketones is 2. The van der Waals surface area contributed by atoms with E-state index in [1.54, 1.807) is 43.3 Å². The molecule has 30 heavy (non-hydrogen) atoms. The average Bonchev–Trinajstić information content (AvgIpc) is 2.77. The maximum Gasteiger partial charge on any atom is 0.193 e. The molecule has 0 spiro atoms. The van der Waals surface area contributed by atoms with Gasteiger partial charge < -0.3 is 9.64 Å². The summed E-state index contributed by atoms with van der Waals surface area (Å²) in [6, 6.07) is 16.3. The number of likely N-dealkylation sites (N-methyl/N-ethyl adjacent to an activating group) is 1. The zero-order valence-corrected chi connectivity index (χ0v) is 18.8. The number of carbonyl (C=O) groups is 2. The van der Waals surface area contributed by atoms with Crippen LogP contribution in [0, 0.1) is 17.2 Å². The zero-order valence-electron chi connectivity index (χ0n) is 17.2. The molecule has 0 aliphatic heterocycles. The van der Waals surface area contributed by atoms with E-state index in [9.17, 15) is 9.59 Å². The van der Waals surface area contributed by atoms with Gasteiger partial charge in [-0.25, -0.2) is 0 Å². The Hall–Kier alpha value is -2.75. The van der Waals surface area contributed by atoms with E-state index in [1.165, 1.54) is 0 Å². The molecule has 2 rings (SSSR count). The fourth-order valence-corrected chi connectivity index (χ4v) is 2.88.